The van der Waals surface area contributed by atoms with Gasteiger partial charge in [-0.1, -0.05) is 11.6 Å². The number of aryl methyl sites for hydroxylation is 1. The number of rotatable bonds is 4. The Hall–Kier alpha value is -2.31. The summed E-state index contributed by atoms with van der Waals surface area (Å²) in [5, 5.41) is 5.85. The maximum absolute atomic E-state index is 12.5. The molecular formula is C17H16ClN3O2S. The van der Waals surface area contributed by atoms with Gasteiger partial charge in [-0.2, -0.15) is 0 Å². The Labute approximate surface area is 148 Å². The highest BCUT2D eigenvalue weighted by Crippen LogP contribution is 2.29. The Morgan fingerprint density at radius 1 is 1.33 bits per heavy atom. The summed E-state index contributed by atoms with van der Waals surface area (Å²) in [5.74, 6) is 0.241. The molecule has 2 heterocycles. The minimum absolute atomic E-state index is 0.302. The van der Waals surface area contributed by atoms with Crippen molar-refractivity contribution in [2.45, 2.75) is 6.92 Å². The largest absolute Gasteiger partial charge is 0.495 e. The second-order valence-corrected chi connectivity index (χ2v) is 6.55. The molecule has 0 fully saturated rings. The smallest absolute Gasteiger partial charge is 0.275 e. The first-order chi connectivity index (χ1) is 11.5. The zero-order valence-corrected chi connectivity index (χ0v) is 15.0. The molecular weight excluding hydrogens is 346 g/mol. The van der Waals surface area contributed by atoms with Gasteiger partial charge in [0, 0.05) is 23.1 Å². The van der Waals surface area contributed by atoms with Gasteiger partial charge in [-0.3, -0.25) is 4.79 Å². The van der Waals surface area contributed by atoms with Gasteiger partial charge in [-0.25, -0.2) is 4.98 Å². The van der Waals surface area contributed by atoms with Crippen molar-refractivity contribution < 1.29 is 9.53 Å². The average Bonchev–Trinajstić information content (AvgIpc) is 3.16. The summed E-state index contributed by atoms with van der Waals surface area (Å²) in [6.45, 7) is 2.02. The lowest BCUT2D eigenvalue weighted by Crippen LogP contribution is -2.13. The van der Waals surface area contributed by atoms with Crippen LogP contribution in [-0.4, -0.2) is 22.6 Å². The molecule has 0 unspecified atom stereocenters. The molecule has 0 aliphatic carbocycles. The molecule has 1 aromatic carbocycles. The molecule has 124 valence electrons. The number of benzene rings is 1. The van der Waals surface area contributed by atoms with E-state index in [1.165, 1.54) is 18.4 Å². The van der Waals surface area contributed by atoms with Crippen LogP contribution in [0.4, 0.5) is 5.69 Å². The van der Waals surface area contributed by atoms with Crippen LogP contribution in [0, 0.1) is 6.92 Å². The first kappa shape index (κ1) is 16.5. The number of halogens is 1. The van der Waals surface area contributed by atoms with E-state index in [2.05, 4.69) is 10.3 Å². The highest BCUT2D eigenvalue weighted by molar-refractivity contribution is 7.13. The van der Waals surface area contributed by atoms with Crippen LogP contribution in [0.15, 0.2) is 35.7 Å². The number of anilines is 1. The summed E-state index contributed by atoms with van der Waals surface area (Å²) >= 11 is 7.42. The van der Waals surface area contributed by atoms with Crippen LogP contribution in [0.1, 0.15) is 16.2 Å². The summed E-state index contributed by atoms with van der Waals surface area (Å²) < 4.78 is 7.28. The molecule has 7 heteroatoms. The van der Waals surface area contributed by atoms with Crippen molar-refractivity contribution in [3.63, 3.8) is 0 Å². The van der Waals surface area contributed by atoms with Gasteiger partial charge in [0.2, 0.25) is 0 Å². The van der Waals surface area contributed by atoms with Gasteiger partial charge in [-0.15, -0.1) is 11.3 Å². The second-order valence-electron chi connectivity index (χ2n) is 5.26. The van der Waals surface area contributed by atoms with Crippen LogP contribution in [0.2, 0.25) is 5.02 Å². The van der Waals surface area contributed by atoms with Crippen molar-refractivity contribution in [3.05, 3.63) is 52.1 Å². The van der Waals surface area contributed by atoms with E-state index >= 15 is 0 Å². The Morgan fingerprint density at radius 2 is 2.12 bits per heavy atom. The van der Waals surface area contributed by atoms with Gasteiger partial charge in [0.1, 0.15) is 16.5 Å². The SMILES string of the molecule is COc1ccc(Cl)cc1NC(=O)c1csc(-c2ccc(C)n2C)n1. The molecule has 5 nitrogen and oxygen atoms in total. The molecule has 3 rings (SSSR count). The molecule has 0 aliphatic heterocycles. The maximum atomic E-state index is 12.5. The number of hydrogen-bond donors (Lipinski definition) is 1. The van der Waals surface area contributed by atoms with Crippen LogP contribution in [0.5, 0.6) is 5.75 Å². The molecule has 0 atom stereocenters. The van der Waals surface area contributed by atoms with Gasteiger partial charge in [0.25, 0.3) is 5.91 Å². The lowest BCUT2D eigenvalue weighted by Gasteiger charge is -2.09. The molecule has 0 saturated carbocycles. The summed E-state index contributed by atoms with van der Waals surface area (Å²) in [7, 11) is 3.51. The predicted molar refractivity (Wildman–Crippen MR) is 97.2 cm³/mol. The van der Waals surface area contributed by atoms with Crippen molar-refractivity contribution in [2.75, 3.05) is 12.4 Å². The third-order valence-corrected chi connectivity index (χ3v) is 4.84. The number of hydrogen-bond acceptors (Lipinski definition) is 4. The van der Waals surface area contributed by atoms with Crippen LogP contribution >= 0.6 is 22.9 Å². The Balaban J connectivity index is 1.84. The molecule has 1 N–H and O–H groups in total. The fourth-order valence-electron chi connectivity index (χ4n) is 2.29. The van der Waals surface area contributed by atoms with E-state index in [1.807, 2.05) is 30.7 Å². The third kappa shape index (κ3) is 3.16. The van der Waals surface area contributed by atoms with E-state index in [0.717, 1.165) is 16.4 Å². The Kier molecular flexibility index (Phi) is 4.59. The number of nitrogens with one attached hydrogen (secondary N) is 1. The van der Waals surface area contributed by atoms with E-state index in [-0.39, 0.29) is 5.91 Å². The van der Waals surface area contributed by atoms with Gasteiger partial charge in [0.05, 0.1) is 18.5 Å². The summed E-state index contributed by atoms with van der Waals surface area (Å²) in [5.41, 5.74) is 2.99. The van der Waals surface area contributed by atoms with E-state index in [1.54, 1.807) is 23.6 Å². The quantitative estimate of drug-likeness (QED) is 0.750. The monoisotopic (exact) mass is 361 g/mol. The van der Waals surface area contributed by atoms with Crippen molar-refractivity contribution in [1.82, 2.24) is 9.55 Å². The van der Waals surface area contributed by atoms with Gasteiger partial charge in [-0.05, 0) is 37.3 Å². The van der Waals surface area contributed by atoms with E-state index in [4.69, 9.17) is 16.3 Å². The number of methoxy groups -OCH3 is 1. The average molecular weight is 362 g/mol. The lowest BCUT2D eigenvalue weighted by molar-refractivity contribution is 0.102. The lowest BCUT2D eigenvalue weighted by atomic mass is 10.3. The molecule has 2 aromatic heterocycles. The Bertz CT molecular complexity index is 901. The number of aromatic nitrogens is 2. The molecule has 0 spiro atoms. The normalized spacial score (nSPS) is 10.7. The van der Waals surface area contributed by atoms with Crippen LogP contribution in [0.3, 0.4) is 0 Å². The van der Waals surface area contributed by atoms with E-state index < -0.39 is 0 Å². The first-order valence-corrected chi connectivity index (χ1v) is 8.48. The van der Waals surface area contributed by atoms with Crippen LogP contribution < -0.4 is 10.1 Å². The molecule has 0 saturated heterocycles. The van der Waals surface area contributed by atoms with Gasteiger partial charge >= 0.3 is 0 Å². The van der Waals surface area contributed by atoms with Crippen molar-refractivity contribution in [2.24, 2.45) is 7.05 Å². The summed E-state index contributed by atoms with van der Waals surface area (Å²) in [6, 6.07) is 9.07. The molecule has 24 heavy (non-hydrogen) atoms. The number of amides is 1. The van der Waals surface area contributed by atoms with E-state index in [0.29, 0.717) is 22.2 Å². The number of carbonyl (C=O) groups excluding carboxylic acids is 1. The van der Waals surface area contributed by atoms with E-state index in [9.17, 15) is 4.79 Å². The van der Waals surface area contributed by atoms with Gasteiger partial charge < -0.3 is 14.6 Å². The second kappa shape index (κ2) is 6.67. The summed E-state index contributed by atoms with van der Waals surface area (Å²) in [4.78, 5) is 16.9. The predicted octanol–water partition coefficient (Wildman–Crippen LogP) is 4.37. The molecule has 1 amide bonds. The number of thiazole rings is 1. The molecule has 0 bridgehead atoms. The first-order valence-electron chi connectivity index (χ1n) is 7.22. The summed E-state index contributed by atoms with van der Waals surface area (Å²) in [6.07, 6.45) is 0. The minimum Gasteiger partial charge on any atom is -0.495 e. The molecule has 0 aliphatic rings. The Morgan fingerprint density at radius 3 is 2.79 bits per heavy atom. The molecule has 3 aromatic rings. The fraction of sp³-hybridized carbons (Fsp3) is 0.176. The fourth-order valence-corrected chi connectivity index (χ4v) is 3.32. The zero-order chi connectivity index (χ0) is 17.3. The highest BCUT2D eigenvalue weighted by Gasteiger charge is 2.16. The third-order valence-electron chi connectivity index (χ3n) is 3.74. The minimum atomic E-state index is -0.302. The van der Waals surface area contributed by atoms with Crippen molar-refractivity contribution in [3.8, 4) is 16.5 Å². The highest BCUT2D eigenvalue weighted by atomic mass is 35.5. The van der Waals surface area contributed by atoms with Crippen molar-refractivity contribution in [1.29, 1.82) is 0 Å². The number of nitrogens with zero attached hydrogens (tertiary/aromatic N) is 2. The van der Waals surface area contributed by atoms with Crippen LogP contribution in [0.25, 0.3) is 10.7 Å². The zero-order valence-electron chi connectivity index (χ0n) is 13.5. The topological polar surface area (TPSA) is 56.1 Å². The maximum Gasteiger partial charge on any atom is 0.275 e. The van der Waals surface area contributed by atoms with Crippen molar-refractivity contribution >= 4 is 34.5 Å². The van der Waals surface area contributed by atoms with Gasteiger partial charge in [0.15, 0.2) is 0 Å². The number of ether oxygens (including phenoxy) is 1. The molecule has 0 radical (unpaired) electrons. The van der Waals surface area contributed by atoms with Crippen LogP contribution in [-0.2, 0) is 7.05 Å². The standard InChI is InChI=1S/C17H16ClN3O2S/c1-10-4-6-14(21(10)2)17-20-13(9-24-17)16(22)19-12-8-11(18)5-7-15(12)23-3/h4-9H,1-3H3,(H,19,22). The number of carbonyl (C=O) groups is 1.